The fourth-order valence-corrected chi connectivity index (χ4v) is 3.14. The molecule has 0 amide bonds. The highest BCUT2D eigenvalue weighted by Crippen LogP contribution is 2.25. The van der Waals surface area contributed by atoms with E-state index in [-0.39, 0.29) is 11.9 Å². The third-order valence-corrected chi connectivity index (χ3v) is 4.24. The van der Waals surface area contributed by atoms with Crippen LogP contribution in [0.4, 0.5) is 0 Å². The van der Waals surface area contributed by atoms with E-state index in [2.05, 4.69) is 31.0 Å². The van der Waals surface area contributed by atoms with E-state index in [0.717, 1.165) is 38.9 Å². The molecule has 1 aliphatic rings. The van der Waals surface area contributed by atoms with E-state index in [1.54, 1.807) is 0 Å². The van der Waals surface area contributed by atoms with E-state index in [0.29, 0.717) is 18.7 Å². The highest BCUT2D eigenvalue weighted by molar-refractivity contribution is 5.72. The lowest BCUT2D eigenvalue weighted by Crippen LogP contribution is -2.46. The van der Waals surface area contributed by atoms with E-state index >= 15 is 0 Å². The minimum Gasteiger partial charge on any atom is -0.466 e. The number of nitrogens with zero attached hydrogens (tertiary/aromatic N) is 1. The van der Waals surface area contributed by atoms with E-state index in [1.165, 1.54) is 6.42 Å². The first-order valence-electron chi connectivity index (χ1n) is 8.25. The number of carbonyl (C=O) groups excluding carboxylic acids is 1. The zero-order valence-electron chi connectivity index (χ0n) is 13.7. The molecule has 0 aromatic rings. The van der Waals surface area contributed by atoms with Gasteiger partial charge in [-0.2, -0.15) is 0 Å². The van der Waals surface area contributed by atoms with Gasteiger partial charge >= 0.3 is 5.97 Å². The molecule has 0 spiro atoms. The number of nitrogens with one attached hydrogen (secondary N) is 1. The highest BCUT2D eigenvalue weighted by atomic mass is 16.5. The van der Waals surface area contributed by atoms with Gasteiger partial charge < -0.3 is 15.0 Å². The molecule has 0 saturated heterocycles. The molecule has 0 heterocycles. The van der Waals surface area contributed by atoms with Gasteiger partial charge in [-0.15, -0.1) is 0 Å². The fraction of sp³-hybridized carbons (Fsp3) is 0.938. The van der Waals surface area contributed by atoms with Crippen molar-refractivity contribution in [3.8, 4) is 0 Å². The summed E-state index contributed by atoms with van der Waals surface area (Å²) in [6, 6.07) is 0.935. The summed E-state index contributed by atoms with van der Waals surface area (Å²) in [7, 11) is 0. The summed E-state index contributed by atoms with van der Waals surface area (Å²) in [5.74, 6) is 0.0947. The Morgan fingerprint density at radius 1 is 1.30 bits per heavy atom. The van der Waals surface area contributed by atoms with Crippen LogP contribution in [0.15, 0.2) is 0 Å². The van der Waals surface area contributed by atoms with Crippen molar-refractivity contribution < 1.29 is 9.53 Å². The number of likely N-dealkylation sites (N-methyl/N-ethyl adjacent to an activating group) is 1. The van der Waals surface area contributed by atoms with Crippen LogP contribution in [0.3, 0.4) is 0 Å². The predicted octanol–water partition coefficient (Wildman–Crippen LogP) is 2.43. The number of rotatable bonds is 8. The van der Waals surface area contributed by atoms with Crippen molar-refractivity contribution in [2.75, 3.05) is 26.2 Å². The van der Waals surface area contributed by atoms with Crippen LogP contribution in [0, 0.1) is 5.92 Å². The summed E-state index contributed by atoms with van der Waals surface area (Å²) in [5.41, 5.74) is 0. The molecule has 20 heavy (non-hydrogen) atoms. The van der Waals surface area contributed by atoms with Crippen LogP contribution in [0.2, 0.25) is 0 Å². The number of esters is 1. The van der Waals surface area contributed by atoms with Gasteiger partial charge in [-0.1, -0.05) is 20.3 Å². The van der Waals surface area contributed by atoms with Gasteiger partial charge in [0.25, 0.3) is 0 Å². The molecular formula is C16H32N2O2. The SMILES string of the molecule is CCOC(=O)C1CCCC(NC(C)CN(CC)CC)C1. The molecule has 0 aromatic carbocycles. The van der Waals surface area contributed by atoms with Crippen molar-refractivity contribution in [1.82, 2.24) is 10.2 Å². The molecule has 0 aromatic heterocycles. The van der Waals surface area contributed by atoms with Gasteiger partial charge in [-0.25, -0.2) is 0 Å². The molecule has 1 saturated carbocycles. The van der Waals surface area contributed by atoms with Gasteiger partial charge in [0.05, 0.1) is 12.5 Å². The molecule has 4 nitrogen and oxygen atoms in total. The van der Waals surface area contributed by atoms with E-state index < -0.39 is 0 Å². The summed E-state index contributed by atoms with van der Waals surface area (Å²) >= 11 is 0. The van der Waals surface area contributed by atoms with Gasteiger partial charge in [0.1, 0.15) is 0 Å². The van der Waals surface area contributed by atoms with Gasteiger partial charge in [0.2, 0.25) is 0 Å². The lowest BCUT2D eigenvalue weighted by molar-refractivity contribution is -0.149. The van der Waals surface area contributed by atoms with Gasteiger partial charge in [0, 0.05) is 18.6 Å². The molecule has 0 bridgehead atoms. The van der Waals surface area contributed by atoms with Crippen molar-refractivity contribution in [3.63, 3.8) is 0 Å². The molecular weight excluding hydrogens is 252 g/mol. The number of carbonyl (C=O) groups is 1. The summed E-state index contributed by atoms with van der Waals surface area (Å²) in [6.07, 6.45) is 4.22. The normalized spacial score (nSPS) is 24.6. The van der Waals surface area contributed by atoms with E-state index in [4.69, 9.17) is 4.74 Å². The number of hydrogen-bond donors (Lipinski definition) is 1. The van der Waals surface area contributed by atoms with Crippen molar-refractivity contribution in [1.29, 1.82) is 0 Å². The third-order valence-electron chi connectivity index (χ3n) is 4.24. The smallest absolute Gasteiger partial charge is 0.308 e. The van der Waals surface area contributed by atoms with Crippen molar-refractivity contribution in [2.45, 2.75) is 65.5 Å². The fourth-order valence-electron chi connectivity index (χ4n) is 3.14. The first kappa shape index (κ1) is 17.4. The highest BCUT2D eigenvalue weighted by Gasteiger charge is 2.28. The summed E-state index contributed by atoms with van der Waals surface area (Å²) in [5, 5.41) is 3.70. The second-order valence-electron chi connectivity index (χ2n) is 5.87. The van der Waals surface area contributed by atoms with Crippen LogP contribution in [0.1, 0.15) is 53.4 Å². The van der Waals surface area contributed by atoms with Crippen LogP contribution in [0.5, 0.6) is 0 Å². The van der Waals surface area contributed by atoms with Gasteiger partial charge in [-0.3, -0.25) is 4.79 Å². The zero-order valence-corrected chi connectivity index (χ0v) is 13.7. The van der Waals surface area contributed by atoms with Gasteiger partial charge in [0.15, 0.2) is 0 Å². The Bertz CT molecular complexity index is 280. The van der Waals surface area contributed by atoms with Gasteiger partial charge in [-0.05, 0) is 46.2 Å². The van der Waals surface area contributed by atoms with Crippen molar-refractivity contribution in [2.24, 2.45) is 5.92 Å². The second kappa shape index (κ2) is 9.35. The first-order valence-corrected chi connectivity index (χ1v) is 8.25. The molecule has 0 aliphatic heterocycles. The minimum atomic E-state index is -0.00426. The standard InChI is InChI=1S/C16H32N2O2/c1-5-18(6-2)12-13(4)17-15-10-8-9-14(11-15)16(19)20-7-3/h13-15,17H,5-12H2,1-4H3. The van der Waals surface area contributed by atoms with E-state index in [9.17, 15) is 4.79 Å². The number of hydrogen-bond acceptors (Lipinski definition) is 4. The Morgan fingerprint density at radius 2 is 2.00 bits per heavy atom. The summed E-state index contributed by atoms with van der Waals surface area (Å²) in [6.45, 7) is 12.3. The maximum atomic E-state index is 11.8. The zero-order chi connectivity index (χ0) is 15.0. The molecule has 118 valence electrons. The molecule has 3 atom stereocenters. The number of ether oxygens (including phenoxy) is 1. The Balaban J connectivity index is 2.37. The quantitative estimate of drug-likeness (QED) is 0.695. The predicted molar refractivity (Wildman–Crippen MR) is 82.8 cm³/mol. The largest absolute Gasteiger partial charge is 0.466 e. The Hall–Kier alpha value is -0.610. The molecule has 1 rings (SSSR count). The van der Waals surface area contributed by atoms with Crippen LogP contribution in [0.25, 0.3) is 0 Å². The minimum absolute atomic E-state index is 0.00426. The van der Waals surface area contributed by atoms with Crippen LogP contribution in [-0.2, 0) is 9.53 Å². The van der Waals surface area contributed by atoms with Crippen LogP contribution >= 0.6 is 0 Å². The Morgan fingerprint density at radius 3 is 2.60 bits per heavy atom. The average Bonchev–Trinajstić information content (AvgIpc) is 2.45. The average molecular weight is 284 g/mol. The molecule has 1 fully saturated rings. The Kier molecular flexibility index (Phi) is 8.15. The molecule has 1 N–H and O–H groups in total. The first-order chi connectivity index (χ1) is 9.60. The molecule has 4 heteroatoms. The topological polar surface area (TPSA) is 41.6 Å². The third kappa shape index (κ3) is 5.80. The van der Waals surface area contributed by atoms with Crippen molar-refractivity contribution >= 4 is 5.97 Å². The second-order valence-corrected chi connectivity index (χ2v) is 5.87. The van der Waals surface area contributed by atoms with Crippen LogP contribution < -0.4 is 5.32 Å². The van der Waals surface area contributed by atoms with Crippen molar-refractivity contribution in [3.05, 3.63) is 0 Å². The lowest BCUT2D eigenvalue weighted by Gasteiger charge is -2.32. The summed E-state index contributed by atoms with van der Waals surface area (Å²) < 4.78 is 5.16. The lowest BCUT2D eigenvalue weighted by atomic mass is 9.85. The molecule has 3 unspecified atom stereocenters. The monoisotopic (exact) mass is 284 g/mol. The maximum absolute atomic E-state index is 11.8. The maximum Gasteiger partial charge on any atom is 0.308 e. The molecule has 1 aliphatic carbocycles. The van der Waals surface area contributed by atoms with E-state index in [1.807, 2.05) is 6.92 Å². The Labute approximate surface area is 124 Å². The summed E-state index contributed by atoms with van der Waals surface area (Å²) in [4.78, 5) is 14.3. The van der Waals surface area contributed by atoms with Crippen LogP contribution in [-0.4, -0.2) is 49.2 Å². The molecule has 0 radical (unpaired) electrons.